The van der Waals surface area contributed by atoms with Gasteiger partial charge in [0.25, 0.3) is 0 Å². The Balaban J connectivity index is 2.98. The van der Waals surface area contributed by atoms with Crippen LogP contribution >= 0.6 is 0 Å². The number of rotatable bonds is 3. The molecule has 0 bridgehead atoms. The van der Waals surface area contributed by atoms with Gasteiger partial charge in [-0.3, -0.25) is 4.39 Å². The first kappa shape index (κ1) is 6.60. The smallest absolute Gasteiger partial charge is 0.0923 e. The zero-order valence-electron chi connectivity index (χ0n) is 4.45. The van der Waals surface area contributed by atoms with Crippen molar-refractivity contribution in [2.75, 3.05) is 6.67 Å². The van der Waals surface area contributed by atoms with E-state index < -0.39 is 0 Å². The quantitative estimate of drug-likeness (QED) is 0.525. The second-order valence-electron chi connectivity index (χ2n) is 1.70. The van der Waals surface area contributed by atoms with Crippen molar-refractivity contribution in [3.63, 3.8) is 0 Å². The van der Waals surface area contributed by atoms with E-state index in [-0.39, 0.29) is 12.6 Å². The van der Waals surface area contributed by atoms with Crippen LogP contribution in [0.5, 0.6) is 0 Å². The molecule has 0 spiro atoms. The summed E-state index contributed by atoms with van der Waals surface area (Å²) in [5.41, 5.74) is 0. The van der Waals surface area contributed by atoms with Crippen molar-refractivity contribution in [3.8, 4) is 0 Å². The molecule has 0 fully saturated rings. The molecule has 7 heavy (non-hydrogen) atoms. The van der Waals surface area contributed by atoms with Crippen LogP contribution < -0.4 is 0 Å². The maximum atomic E-state index is 11.5. The van der Waals surface area contributed by atoms with E-state index in [1.165, 1.54) is 6.21 Å². The third-order valence-corrected chi connectivity index (χ3v) is 0.784. The fraction of sp³-hybridized carbons (Fsp3) is 0.800. The van der Waals surface area contributed by atoms with Crippen molar-refractivity contribution >= 4 is 6.21 Å². The van der Waals surface area contributed by atoms with Gasteiger partial charge in [-0.25, -0.2) is 0 Å². The Morgan fingerprint density at radius 2 is 2.43 bits per heavy atom. The zero-order chi connectivity index (χ0) is 5.70. The van der Waals surface area contributed by atoms with Gasteiger partial charge in [0.1, 0.15) is 0 Å². The van der Waals surface area contributed by atoms with Gasteiger partial charge in [0, 0.05) is 0 Å². The van der Waals surface area contributed by atoms with Crippen molar-refractivity contribution in [2.45, 2.75) is 13.3 Å². The first-order valence-corrected chi connectivity index (χ1v) is 2.36. The lowest BCUT2D eigenvalue weighted by molar-refractivity contribution is 0.392. The summed E-state index contributed by atoms with van der Waals surface area (Å²) in [6.07, 6.45) is 1.81. The molecule has 0 heterocycles. The first-order chi connectivity index (χ1) is 3.31. The Hall–Kier alpha value is -0.400. The average Bonchev–Trinajstić information content (AvgIpc) is 1.68. The summed E-state index contributed by atoms with van der Waals surface area (Å²) in [5, 5.41) is 6.54. The van der Waals surface area contributed by atoms with Crippen LogP contribution in [-0.4, -0.2) is 12.9 Å². The van der Waals surface area contributed by atoms with Crippen LogP contribution in [0.2, 0.25) is 0 Å². The zero-order valence-corrected chi connectivity index (χ0v) is 4.45. The molecule has 0 amide bonds. The Morgan fingerprint density at radius 3 is 2.57 bits per heavy atom. The van der Waals surface area contributed by atoms with E-state index in [1.807, 2.05) is 0 Å². The maximum Gasteiger partial charge on any atom is 0.0923 e. The molecule has 1 atom stereocenters. The van der Waals surface area contributed by atoms with Gasteiger partial charge in [0.05, 0.1) is 6.67 Å². The van der Waals surface area contributed by atoms with Gasteiger partial charge in [-0.15, -0.1) is 0 Å². The molecule has 2 heteroatoms. The molecular weight excluding hydrogens is 93.1 g/mol. The number of hydrogen-bond acceptors (Lipinski definition) is 1. The van der Waals surface area contributed by atoms with Crippen LogP contribution in [0.15, 0.2) is 0 Å². The van der Waals surface area contributed by atoms with Crippen LogP contribution in [0.3, 0.4) is 0 Å². The van der Waals surface area contributed by atoms with Crippen molar-refractivity contribution in [1.82, 2.24) is 0 Å². The molecule has 0 aromatic heterocycles. The highest BCUT2D eigenvalue weighted by molar-refractivity contribution is 5.53. The molecule has 0 aliphatic carbocycles. The molecule has 1 nitrogen and oxygen atoms in total. The van der Waals surface area contributed by atoms with Crippen molar-refractivity contribution in [2.24, 2.45) is 5.92 Å². The van der Waals surface area contributed by atoms with E-state index in [0.717, 1.165) is 0 Å². The summed E-state index contributed by atoms with van der Waals surface area (Å²) in [5.74, 6) is 0.0394. The lowest BCUT2D eigenvalue weighted by Gasteiger charge is -1.96. The topological polar surface area (TPSA) is 23.9 Å². The predicted molar refractivity (Wildman–Crippen MR) is 28.5 cm³/mol. The summed E-state index contributed by atoms with van der Waals surface area (Å²) in [7, 11) is 0. The molecule has 42 valence electrons. The number of halogens is 1. The van der Waals surface area contributed by atoms with Gasteiger partial charge in [-0.2, -0.15) is 0 Å². The lowest BCUT2D eigenvalue weighted by atomic mass is 10.1. The standard InChI is InChI=1S/C5H10FN/c1-5(4-6)2-3-7/h3,5,7H,2,4H2,1H3. The van der Waals surface area contributed by atoms with Crippen LogP contribution in [0.4, 0.5) is 4.39 Å². The summed E-state index contributed by atoms with van der Waals surface area (Å²) in [6.45, 7) is 1.47. The molecular formula is C5H10FN. The Kier molecular flexibility index (Phi) is 3.56. The van der Waals surface area contributed by atoms with Crippen LogP contribution in [0, 0.1) is 11.3 Å². The van der Waals surface area contributed by atoms with Crippen molar-refractivity contribution in [3.05, 3.63) is 0 Å². The molecule has 0 saturated heterocycles. The normalized spacial score (nSPS) is 13.4. The molecule has 0 radical (unpaired) electrons. The predicted octanol–water partition coefficient (Wildman–Crippen LogP) is 1.63. The minimum Gasteiger partial charge on any atom is -0.313 e. The molecule has 0 saturated carbocycles. The van der Waals surface area contributed by atoms with Crippen LogP contribution in [-0.2, 0) is 0 Å². The van der Waals surface area contributed by atoms with E-state index in [4.69, 9.17) is 5.41 Å². The van der Waals surface area contributed by atoms with Gasteiger partial charge >= 0.3 is 0 Å². The summed E-state index contributed by atoms with van der Waals surface area (Å²) in [4.78, 5) is 0. The molecule has 0 aromatic carbocycles. The highest BCUT2D eigenvalue weighted by Gasteiger charge is 1.94. The van der Waals surface area contributed by atoms with E-state index in [0.29, 0.717) is 6.42 Å². The third-order valence-electron chi connectivity index (χ3n) is 0.784. The molecule has 0 aliphatic heterocycles. The van der Waals surface area contributed by atoms with Crippen molar-refractivity contribution in [1.29, 1.82) is 5.41 Å². The van der Waals surface area contributed by atoms with E-state index in [9.17, 15) is 4.39 Å². The van der Waals surface area contributed by atoms with Crippen molar-refractivity contribution < 1.29 is 4.39 Å². The molecule has 0 aromatic rings. The maximum absolute atomic E-state index is 11.5. The highest BCUT2D eigenvalue weighted by atomic mass is 19.1. The number of alkyl halides is 1. The van der Waals surface area contributed by atoms with E-state index in [2.05, 4.69) is 0 Å². The average molecular weight is 103 g/mol. The summed E-state index contributed by atoms with van der Waals surface area (Å²) >= 11 is 0. The first-order valence-electron chi connectivity index (χ1n) is 2.36. The minimum absolute atomic E-state index is 0.0394. The monoisotopic (exact) mass is 103 g/mol. The Bertz CT molecular complexity index is 54.0. The number of hydrogen-bond donors (Lipinski definition) is 1. The Labute approximate surface area is 43.0 Å². The van der Waals surface area contributed by atoms with Crippen LogP contribution in [0.25, 0.3) is 0 Å². The highest BCUT2D eigenvalue weighted by Crippen LogP contribution is 1.97. The van der Waals surface area contributed by atoms with E-state index >= 15 is 0 Å². The fourth-order valence-electron chi connectivity index (χ4n) is 0.264. The van der Waals surface area contributed by atoms with E-state index in [1.54, 1.807) is 6.92 Å². The molecule has 0 aliphatic rings. The third kappa shape index (κ3) is 3.43. The second-order valence-corrected chi connectivity index (χ2v) is 1.70. The Morgan fingerprint density at radius 1 is 1.86 bits per heavy atom. The van der Waals surface area contributed by atoms with Gasteiger partial charge < -0.3 is 5.41 Å². The molecule has 1 N–H and O–H groups in total. The fourth-order valence-corrected chi connectivity index (χ4v) is 0.264. The minimum atomic E-state index is -0.310. The summed E-state index contributed by atoms with van der Waals surface area (Å²) < 4.78 is 11.5. The SMILES string of the molecule is CC(CF)CC=N. The van der Waals surface area contributed by atoms with Gasteiger partial charge in [0.2, 0.25) is 0 Å². The van der Waals surface area contributed by atoms with Gasteiger partial charge in [0.15, 0.2) is 0 Å². The van der Waals surface area contributed by atoms with Gasteiger partial charge in [-0.1, -0.05) is 6.92 Å². The van der Waals surface area contributed by atoms with Crippen LogP contribution in [0.1, 0.15) is 13.3 Å². The molecule has 0 rings (SSSR count). The lowest BCUT2D eigenvalue weighted by Crippen LogP contribution is -1.95. The number of nitrogens with one attached hydrogen (secondary N) is 1. The molecule has 1 unspecified atom stereocenters. The largest absolute Gasteiger partial charge is 0.313 e. The summed E-state index contributed by atoms with van der Waals surface area (Å²) in [6, 6.07) is 0. The van der Waals surface area contributed by atoms with Gasteiger partial charge in [-0.05, 0) is 18.6 Å². The second kappa shape index (κ2) is 3.78.